The van der Waals surface area contributed by atoms with Crippen LogP contribution in [0.1, 0.15) is 45.2 Å². The van der Waals surface area contributed by atoms with E-state index in [1.807, 2.05) is 0 Å². The van der Waals surface area contributed by atoms with E-state index in [0.717, 1.165) is 30.2 Å². The lowest BCUT2D eigenvalue weighted by Crippen LogP contribution is -2.41. The van der Waals surface area contributed by atoms with Crippen LogP contribution in [-0.2, 0) is 12.6 Å². The molecule has 1 nitrogen and oxygen atoms in total. The van der Waals surface area contributed by atoms with Crippen molar-refractivity contribution >= 4 is 8.32 Å². The molecule has 0 saturated carbocycles. The van der Waals surface area contributed by atoms with Crippen molar-refractivity contribution in [2.24, 2.45) is 0 Å². The van der Waals surface area contributed by atoms with E-state index in [0.29, 0.717) is 17.5 Å². The van der Waals surface area contributed by atoms with E-state index < -0.39 is 20.1 Å². The Morgan fingerprint density at radius 3 is 1.86 bits per heavy atom. The second kappa shape index (κ2) is 6.96. The number of benzene rings is 1. The molecular formula is C16H25F3OSi. The third-order valence-electron chi connectivity index (χ3n) is 4.32. The standard InChI is InChI=1S/C16H25F3OSi/c1-12(2)21(20,13(3)4)11-5-6-14-7-9-15(10-8-14)16(17,18)19/h7-10,12-13,20H,5-6,11H2,1-4H3. The van der Waals surface area contributed by atoms with Gasteiger partial charge in [0.05, 0.1) is 5.56 Å². The highest BCUT2D eigenvalue weighted by atomic mass is 28.4. The molecular weight excluding hydrogens is 293 g/mol. The minimum atomic E-state index is -4.28. The van der Waals surface area contributed by atoms with E-state index in [1.54, 1.807) is 0 Å². The van der Waals surface area contributed by atoms with Crippen molar-refractivity contribution in [1.82, 2.24) is 0 Å². The predicted molar refractivity (Wildman–Crippen MR) is 82.7 cm³/mol. The normalized spacial score (nSPS) is 13.2. The van der Waals surface area contributed by atoms with Gasteiger partial charge in [-0.25, -0.2) is 0 Å². The average Bonchev–Trinajstić information content (AvgIpc) is 2.37. The maximum absolute atomic E-state index is 12.5. The molecule has 0 bridgehead atoms. The molecule has 0 aromatic heterocycles. The first kappa shape index (κ1) is 18.2. The lowest BCUT2D eigenvalue weighted by molar-refractivity contribution is -0.137. The van der Waals surface area contributed by atoms with Crippen molar-refractivity contribution in [1.29, 1.82) is 0 Å². The summed E-state index contributed by atoms with van der Waals surface area (Å²) < 4.78 is 37.4. The van der Waals surface area contributed by atoms with Crippen LogP contribution in [0, 0.1) is 0 Å². The zero-order valence-corrected chi connectivity index (χ0v) is 14.2. The van der Waals surface area contributed by atoms with Gasteiger partial charge in [0.1, 0.15) is 0 Å². The lowest BCUT2D eigenvalue weighted by atomic mass is 10.1. The van der Waals surface area contributed by atoms with Gasteiger partial charge >= 0.3 is 6.18 Å². The van der Waals surface area contributed by atoms with Gasteiger partial charge < -0.3 is 4.80 Å². The summed E-state index contributed by atoms with van der Waals surface area (Å²) in [6.45, 7) is 8.24. The minimum Gasteiger partial charge on any atom is -0.431 e. The van der Waals surface area contributed by atoms with E-state index in [4.69, 9.17) is 0 Å². The fourth-order valence-corrected chi connectivity index (χ4v) is 5.91. The van der Waals surface area contributed by atoms with Crippen molar-refractivity contribution in [2.45, 2.75) is 63.8 Å². The SMILES string of the molecule is CC(C)[Si](O)(CCCc1ccc(C(F)(F)F)cc1)C(C)C. The van der Waals surface area contributed by atoms with Crippen LogP contribution < -0.4 is 0 Å². The van der Waals surface area contributed by atoms with Crippen LogP contribution in [0.15, 0.2) is 24.3 Å². The van der Waals surface area contributed by atoms with Crippen LogP contribution >= 0.6 is 0 Å². The molecule has 0 spiro atoms. The van der Waals surface area contributed by atoms with E-state index in [9.17, 15) is 18.0 Å². The van der Waals surface area contributed by atoms with Gasteiger partial charge in [0.15, 0.2) is 8.32 Å². The molecule has 0 aliphatic carbocycles. The van der Waals surface area contributed by atoms with Crippen LogP contribution in [0.25, 0.3) is 0 Å². The van der Waals surface area contributed by atoms with Crippen molar-refractivity contribution < 1.29 is 18.0 Å². The van der Waals surface area contributed by atoms with Gasteiger partial charge in [-0.1, -0.05) is 39.8 Å². The van der Waals surface area contributed by atoms with Gasteiger partial charge in [-0.05, 0) is 47.7 Å². The molecule has 1 rings (SSSR count). The molecule has 0 aliphatic rings. The highest BCUT2D eigenvalue weighted by Crippen LogP contribution is 2.35. The topological polar surface area (TPSA) is 20.2 Å². The Kier molecular flexibility index (Phi) is 6.05. The molecule has 0 atom stereocenters. The van der Waals surface area contributed by atoms with Crippen LogP contribution in [0.4, 0.5) is 13.2 Å². The maximum Gasteiger partial charge on any atom is 0.416 e. The molecule has 0 fully saturated rings. The summed E-state index contributed by atoms with van der Waals surface area (Å²) in [4.78, 5) is 10.8. The summed E-state index contributed by atoms with van der Waals surface area (Å²) in [6, 6.07) is 6.12. The molecule has 0 saturated heterocycles. The molecule has 0 amide bonds. The van der Waals surface area contributed by atoms with Crippen molar-refractivity contribution in [3.05, 3.63) is 35.4 Å². The number of hydrogen-bond donors (Lipinski definition) is 1. The summed E-state index contributed by atoms with van der Waals surface area (Å²) in [5, 5.41) is 0. The van der Waals surface area contributed by atoms with Gasteiger partial charge in [-0.3, -0.25) is 0 Å². The van der Waals surface area contributed by atoms with Gasteiger partial charge in [-0.15, -0.1) is 0 Å². The van der Waals surface area contributed by atoms with Crippen LogP contribution in [0.5, 0.6) is 0 Å². The third kappa shape index (κ3) is 4.85. The Morgan fingerprint density at radius 1 is 1.00 bits per heavy atom. The minimum absolute atomic E-state index is 0.296. The summed E-state index contributed by atoms with van der Waals surface area (Å²) in [7, 11) is -2.28. The second-order valence-electron chi connectivity index (χ2n) is 6.35. The van der Waals surface area contributed by atoms with Crippen LogP contribution in [0.3, 0.4) is 0 Å². The van der Waals surface area contributed by atoms with E-state index in [-0.39, 0.29) is 0 Å². The first-order chi connectivity index (χ1) is 9.57. The van der Waals surface area contributed by atoms with Gasteiger partial charge in [0.25, 0.3) is 0 Å². The Hall–Kier alpha value is -0.813. The largest absolute Gasteiger partial charge is 0.431 e. The lowest BCUT2D eigenvalue weighted by Gasteiger charge is -2.33. The fourth-order valence-electron chi connectivity index (χ4n) is 2.68. The molecule has 120 valence electrons. The smallest absolute Gasteiger partial charge is 0.416 e. The summed E-state index contributed by atoms with van der Waals surface area (Å²) >= 11 is 0. The zero-order chi connectivity index (χ0) is 16.3. The Bertz CT molecular complexity index is 430. The quantitative estimate of drug-likeness (QED) is 0.697. The molecule has 0 radical (unpaired) electrons. The van der Waals surface area contributed by atoms with Crippen molar-refractivity contribution in [2.75, 3.05) is 0 Å². The van der Waals surface area contributed by atoms with E-state index >= 15 is 0 Å². The summed E-state index contributed by atoms with van der Waals surface area (Å²) in [5.74, 6) is 0. The molecule has 0 unspecified atom stereocenters. The number of rotatable bonds is 6. The van der Waals surface area contributed by atoms with Crippen LogP contribution in [-0.4, -0.2) is 13.1 Å². The summed E-state index contributed by atoms with van der Waals surface area (Å²) in [6.07, 6.45) is -2.74. The molecule has 21 heavy (non-hydrogen) atoms. The van der Waals surface area contributed by atoms with Gasteiger partial charge in [0.2, 0.25) is 0 Å². The van der Waals surface area contributed by atoms with Crippen LogP contribution in [0.2, 0.25) is 17.1 Å². The number of halogens is 3. The highest BCUT2D eigenvalue weighted by Gasteiger charge is 2.37. The second-order valence-corrected chi connectivity index (χ2v) is 11.1. The van der Waals surface area contributed by atoms with E-state index in [1.165, 1.54) is 12.1 Å². The molecule has 0 aliphatic heterocycles. The summed E-state index contributed by atoms with van der Waals surface area (Å²) in [5.41, 5.74) is 0.878. The number of aryl methyl sites for hydroxylation is 1. The van der Waals surface area contributed by atoms with E-state index in [2.05, 4.69) is 27.7 Å². The molecule has 1 N–H and O–H groups in total. The molecule has 1 aromatic rings. The molecule has 1 aromatic carbocycles. The zero-order valence-electron chi connectivity index (χ0n) is 13.2. The Balaban J connectivity index is 2.60. The first-order valence-corrected chi connectivity index (χ1v) is 9.76. The van der Waals surface area contributed by atoms with Crippen molar-refractivity contribution in [3.63, 3.8) is 0 Å². The predicted octanol–water partition coefficient (Wildman–Crippen LogP) is 5.40. The Labute approximate surface area is 126 Å². The highest BCUT2D eigenvalue weighted by molar-refractivity contribution is 6.75. The fraction of sp³-hybridized carbons (Fsp3) is 0.625. The maximum atomic E-state index is 12.5. The average molecular weight is 318 g/mol. The number of alkyl halides is 3. The Morgan fingerprint density at radius 2 is 1.48 bits per heavy atom. The monoisotopic (exact) mass is 318 g/mol. The van der Waals surface area contributed by atoms with Gasteiger partial charge in [-0.2, -0.15) is 13.2 Å². The number of hydrogen-bond acceptors (Lipinski definition) is 1. The molecule has 5 heteroatoms. The van der Waals surface area contributed by atoms with Gasteiger partial charge in [0, 0.05) is 0 Å². The molecule has 0 heterocycles. The first-order valence-electron chi connectivity index (χ1n) is 7.46. The third-order valence-corrected chi connectivity index (χ3v) is 9.48. The van der Waals surface area contributed by atoms with Crippen molar-refractivity contribution in [3.8, 4) is 0 Å².